The van der Waals surface area contributed by atoms with Crippen molar-refractivity contribution in [2.75, 3.05) is 18.5 Å². The Kier molecular flexibility index (Phi) is 3.79. The highest BCUT2D eigenvalue weighted by Crippen LogP contribution is 2.39. The van der Waals surface area contributed by atoms with Crippen molar-refractivity contribution in [3.05, 3.63) is 29.3 Å². The molecule has 1 saturated carbocycles. The number of nitrogens with one attached hydrogen (secondary N) is 1. The van der Waals surface area contributed by atoms with Crippen LogP contribution in [-0.2, 0) is 6.54 Å². The van der Waals surface area contributed by atoms with Crippen molar-refractivity contribution < 1.29 is 0 Å². The van der Waals surface area contributed by atoms with Gasteiger partial charge in [0.05, 0.1) is 0 Å². The topological polar surface area (TPSA) is 15.3 Å². The van der Waals surface area contributed by atoms with E-state index in [9.17, 15) is 0 Å². The third-order valence-corrected chi connectivity index (χ3v) is 5.04. The van der Waals surface area contributed by atoms with Gasteiger partial charge in [0.1, 0.15) is 0 Å². The molecule has 1 aliphatic carbocycles. The van der Waals surface area contributed by atoms with Crippen LogP contribution in [0.2, 0.25) is 0 Å². The normalized spacial score (nSPS) is 26.5. The quantitative estimate of drug-likeness (QED) is 0.893. The summed E-state index contributed by atoms with van der Waals surface area (Å²) in [6, 6.07) is 7.85. The molecule has 2 heteroatoms. The standard InChI is InChI=1S/C17H26N2/c1-13-11-16(8-7-15(13)12-18-2)19-10-9-14-5-3-4-6-17(14)19/h7-8,11,14,17-18H,3-6,9-10,12H2,1-2H3. The third-order valence-electron chi connectivity index (χ3n) is 5.04. The summed E-state index contributed by atoms with van der Waals surface area (Å²) in [5.74, 6) is 0.964. The summed E-state index contributed by atoms with van der Waals surface area (Å²) in [4.78, 5) is 2.68. The van der Waals surface area contributed by atoms with Gasteiger partial charge in [-0.3, -0.25) is 0 Å². The molecule has 1 aromatic rings. The first kappa shape index (κ1) is 13.0. The van der Waals surface area contributed by atoms with Gasteiger partial charge in [-0.2, -0.15) is 0 Å². The maximum atomic E-state index is 3.25. The Balaban J connectivity index is 1.80. The van der Waals surface area contributed by atoms with Crippen LogP contribution in [0.5, 0.6) is 0 Å². The molecule has 104 valence electrons. The van der Waals surface area contributed by atoms with E-state index in [1.54, 1.807) is 0 Å². The van der Waals surface area contributed by atoms with Gasteiger partial charge in [0.2, 0.25) is 0 Å². The Hall–Kier alpha value is -1.02. The second-order valence-electron chi connectivity index (χ2n) is 6.24. The molecule has 1 N–H and O–H groups in total. The van der Waals surface area contributed by atoms with Crippen molar-refractivity contribution in [1.29, 1.82) is 0 Å². The zero-order valence-electron chi connectivity index (χ0n) is 12.3. The van der Waals surface area contributed by atoms with Crippen LogP contribution in [0.15, 0.2) is 18.2 Å². The zero-order valence-corrected chi connectivity index (χ0v) is 12.3. The summed E-state index contributed by atoms with van der Waals surface area (Å²) in [6.07, 6.45) is 7.14. The average molecular weight is 258 g/mol. The van der Waals surface area contributed by atoms with E-state index in [0.717, 1.165) is 18.5 Å². The molecule has 2 nitrogen and oxygen atoms in total. The highest BCUT2D eigenvalue weighted by Gasteiger charge is 2.35. The van der Waals surface area contributed by atoms with Gasteiger partial charge >= 0.3 is 0 Å². The van der Waals surface area contributed by atoms with E-state index in [1.807, 2.05) is 7.05 Å². The summed E-state index contributed by atoms with van der Waals surface area (Å²) in [5, 5.41) is 3.25. The third kappa shape index (κ3) is 2.51. The minimum atomic E-state index is 0.823. The van der Waals surface area contributed by atoms with Crippen molar-refractivity contribution >= 4 is 5.69 Å². The molecule has 2 unspecified atom stereocenters. The molecule has 0 bridgehead atoms. The van der Waals surface area contributed by atoms with Crippen molar-refractivity contribution in [3.8, 4) is 0 Å². The summed E-state index contributed by atoms with van der Waals surface area (Å²) >= 11 is 0. The second-order valence-corrected chi connectivity index (χ2v) is 6.24. The fourth-order valence-corrected chi connectivity index (χ4v) is 3.97. The molecular weight excluding hydrogens is 232 g/mol. The summed E-state index contributed by atoms with van der Waals surface area (Å²) < 4.78 is 0. The van der Waals surface area contributed by atoms with Crippen LogP contribution in [0, 0.1) is 12.8 Å². The Morgan fingerprint density at radius 3 is 2.84 bits per heavy atom. The maximum Gasteiger partial charge on any atom is 0.0371 e. The minimum Gasteiger partial charge on any atom is -0.368 e. The van der Waals surface area contributed by atoms with E-state index in [4.69, 9.17) is 0 Å². The van der Waals surface area contributed by atoms with E-state index in [0.29, 0.717) is 0 Å². The van der Waals surface area contributed by atoms with Crippen molar-refractivity contribution in [3.63, 3.8) is 0 Å². The summed E-state index contributed by atoms with van der Waals surface area (Å²) in [5.41, 5.74) is 4.29. The van der Waals surface area contributed by atoms with Crippen LogP contribution < -0.4 is 10.2 Å². The van der Waals surface area contributed by atoms with Crippen molar-refractivity contribution in [2.45, 2.75) is 51.6 Å². The Bertz CT molecular complexity index is 441. The van der Waals surface area contributed by atoms with Crippen molar-refractivity contribution in [2.24, 2.45) is 5.92 Å². The van der Waals surface area contributed by atoms with E-state index < -0.39 is 0 Å². The zero-order chi connectivity index (χ0) is 13.2. The fourth-order valence-electron chi connectivity index (χ4n) is 3.97. The predicted octanol–water partition coefficient (Wildman–Crippen LogP) is 3.48. The van der Waals surface area contributed by atoms with Gasteiger partial charge < -0.3 is 10.2 Å². The van der Waals surface area contributed by atoms with E-state index >= 15 is 0 Å². The van der Waals surface area contributed by atoms with Gasteiger partial charge in [0.25, 0.3) is 0 Å². The Morgan fingerprint density at radius 2 is 2.05 bits per heavy atom. The molecule has 1 saturated heterocycles. The van der Waals surface area contributed by atoms with Crippen LogP contribution in [0.4, 0.5) is 5.69 Å². The maximum absolute atomic E-state index is 3.25. The monoisotopic (exact) mass is 258 g/mol. The number of hydrogen-bond donors (Lipinski definition) is 1. The van der Waals surface area contributed by atoms with Gasteiger partial charge in [-0.1, -0.05) is 18.9 Å². The number of aryl methyl sites for hydroxylation is 1. The first-order valence-corrected chi connectivity index (χ1v) is 7.80. The van der Waals surface area contributed by atoms with Crippen LogP contribution in [0.1, 0.15) is 43.2 Å². The molecule has 0 radical (unpaired) electrons. The van der Waals surface area contributed by atoms with Gasteiger partial charge in [0.15, 0.2) is 0 Å². The van der Waals surface area contributed by atoms with Crippen LogP contribution in [-0.4, -0.2) is 19.6 Å². The smallest absolute Gasteiger partial charge is 0.0371 e. The average Bonchev–Trinajstić information content (AvgIpc) is 2.85. The molecule has 19 heavy (non-hydrogen) atoms. The molecule has 1 aromatic carbocycles. The summed E-state index contributed by atoms with van der Waals surface area (Å²) in [7, 11) is 2.01. The number of anilines is 1. The highest BCUT2D eigenvalue weighted by molar-refractivity contribution is 5.52. The first-order valence-electron chi connectivity index (χ1n) is 7.80. The SMILES string of the molecule is CNCc1ccc(N2CCC3CCCCC32)cc1C. The van der Waals surface area contributed by atoms with E-state index in [2.05, 4.69) is 35.3 Å². The molecule has 0 amide bonds. The molecule has 2 aliphatic rings. The molecule has 1 heterocycles. The predicted molar refractivity (Wildman–Crippen MR) is 81.7 cm³/mol. The van der Waals surface area contributed by atoms with Gasteiger partial charge in [0, 0.05) is 24.8 Å². The molecule has 2 fully saturated rings. The molecular formula is C17H26N2. The van der Waals surface area contributed by atoms with E-state index in [-0.39, 0.29) is 0 Å². The number of nitrogens with zero attached hydrogens (tertiary/aromatic N) is 1. The lowest BCUT2D eigenvalue weighted by Gasteiger charge is -2.33. The van der Waals surface area contributed by atoms with Crippen LogP contribution >= 0.6 is 0 Å². The molecule has 0 spiro atoms. The lowest BCUT2D eigenvalue weighted by atomic mass is 9.85. The highest BCUT2D eigenvalue weighted by atomic mass is 15.2. The van der Waals surface area contributed by atoms with Crippen LogP contribution in [0.25, 0.3) is 0 Å². The molecule has 3 rings (SSSR count). The van der Waals surface area contributed by atoms with Gasteiger partial charge in [-0.05, 0) is 62.4 Å². The lowest BCUT2D eigenvalue weighted by molar-refractivity contribution is 0.342. The number of hydrogen-bond acceptors (Lipinski definition) is 2. The second kappa shape index (κ2) is 5.54. The van der Waals surface area contributed by atoms with Crippen LogP contribution in [0.3, 0.4) is 0 Å². The lowest BCUT2D eigenvalue weighted by Crippen LogP contribution is -2.34. The largest absolute Gasteiger partial charge is 0.368 e. The Labute approximate surface area is 117 Å². The minimum absolute atomic E-state index is 0.823. The number of fused-ring (bicyclic) bond motifs is 1. The number of rotatable bonds is 3. The molecule has 0 aromatic heterocycles. The van der Waals surface area contributed by atoms with Crippen molar-refractivity contribution in [1.82, 2.24) is 5.32 Å². The van der Waals surface area contributed by atoms with Gasteiger partial charge in [-0.25, -0.2) is 0 Å². The van der Waals surface area contributed by atoms with Gasteiger partial charge in [-0.15, -0.1) is 0 Å². The Morgan fingerprint density at radius 1 is 1.21 bits per heavy atom. The fraction of sp³-hybridized carbons (Fsp3) is 0.647. The molecule has 1 aliphatic heterocycles. The van der Waals surface area contributed by atoms with E-state index in [1.165, 1.54) is 55.5 Å². The summed E-state index contributed by atoms with van der Waals surface area (Å²) in [6.45, 7) is 4.48. The number of benzene rings is 1. The molecule has 2 atom stereocenters. The first-order chi connectivity index (χ1) is 9.29.